The van der Waals surface area contributed by atoms with E-state index in [1.165, 1.54) is 115 Å². The van der Waals surface area contributed by atoms with Gasteiger partial charge in [0.05, 0.1) is 28.9 Å². The third kappa shape index (κ3) is 11.8. The van der Waals surface area contributed by atoms with Crippen molar-refractivity contribution in [3.05, 3.63) is 197 Å². The van der Waals surface area contributed by atoms with Crippen LogP contribution in [0.5, 0.6) is 0 Å². The second-order valence-corrected chi connectivity index (χ2v) is 27.5. The number of benzene rings is 6. The summed E-state index contributed by atoms with van der Waals surface area (Å²) in [6.45, 7) is 4.12. The summed E-state index contributed by atoms with van der Waals surface area (Å²) in [6.07, 6.45) is 0. The molecule has 0 aliphatic heterocycles. The first-order chi connectivity index (χ1) is 39.1. The molecule has 83 heavy (non-hydrogen) atoms. The molecule has 0 bridgehead atoms. The van der Waals surface area contributed by atoms with E-state index in [-0.39, 0.29) is 63.1 Å². The molecule has 9 rings (SSSR count). The normalized spacial score (nSPS) is 13.4. The van der Waals surface area contributed by atoms with Gasteiger partial charge in [-0.1, -0.05) is 167 Å². The van der Waals surface area contributed by atoms with E-state index in [2.05, 4.69) is 15.0 Å². The van der Waals surface area contributed by atoms with E-state index in [0.717, 1.165) is 20.3 Å². The smallest absolute Gasteiger partial charge is 0.249 e. The minimum atomic E-state index is -4.47. The monoisotopic (exact) mass is 1240 g/mol. The number of amides is 3. The maximum absolute atomic E-state index is 17.3. The Balaban J connectivity index is 1.45. The fourth-order valence-electron chi connectivity index (χ4n) is 10.00. The van der Waals surface area contributed by atoms with Gasteiger partial charge in [0.25, 0.3) is 0 Å². The molecule has 0 fully saturated rings. The second-order valence-electron chi connectivity index (χ2n) is 19.3. The summed E-state index contributed by atoms with van der Waals surface area (Å²) in [5.74, 6) is -8.11. The van der Waals surface area contributed by atoms with Crippen LogP contribution in [0.3, 0.4) is 0 Å². The molecule has 0 aliphatic rings. The number of aromatic nitrogens is 3. The van der Waals surface area contributed by atoms with Crippen molar-refractivity contribution in [1.29, 1.82) is 0 Å². The Kier molecular flexibility index (Phi) is 16.7. The predicted octanol–water partition coefficient (Wildman–Crippen LogP) is 9.00. The number of nitrogens with zero attached hydrogens (tertiary/aromatic N) is 6. The molecule has 6 aromatic carbocycles. The number of carbonyl (C=O) groups excluding carboxylic acids is 3. The maximum Gasteiger partial charge on any atom is 0.249 e. The number of primary sulfonamides is 3. The molecule has 3 amide bonds. The molecule has 0 spiro atoms. The van der Waals surface area contributed by atoms with Crippen LogP contribution in [0.1, 0.15) is 45.6 Å². The van der Waals surface area contributed by atoms with Gasteiger partial charge in [0, 0.05) is 26.7 Å². The van der Waals surface area contributed by atoms with Crippen LogP contribution >= 0.6 is 34.0 Å². The van der Waals surface area contributed by atoms with Crippen LogP contribution in [0.4, 0.5) is 24.2 Å². The fraction of sp³-hybridized carbons (Fsp3) is 0.158. The Labute approximate surface area is 489 Å². The van der Waals surface area contributed by atoms with Crippen LogP contribution in [0, 0.1) is 32.4 Å². The van der Waals surface area contributed by atoms with E-state index < -0.39 is 80.9 Å². The van der Waals surface area contributed by atoms with Gasteiger partial charge >= 0.3 is 0 Å². The Morgan fingerprint density at radius 3 is 1.27 bits per heavy atom. The first-order valence-corrected chi connectivity index (χ1v) is 31.9. The molecule has 6 N–H and O–H groups in total. The molecule has 0 aliphatic carbocycles. The van der Waals surface area contributed by atoms with Crippen LogP contribution < -0.4 is 30.1 Å². The third-order valence-electron chi connectivity index (χ3n) is 13.9. The van der Waals surface area contributed by atoms with Crippen molar-refractivity contribution in [2.45, 2.75) is 50.6 Å². The molecular weight excluding hydrogens is 1190 g/mol. The highest BCUT2D eigenvalue weighted by Gasteiger charge is 2.62. The summed E-state index contributed by atoms with van der Waals surface area (Å²) in [7, 11) is -9.48. The third-order valence-corrected chi connectivity index (χ3v) is 22.3. The minimum Gasteiger partial charge on any atom is -0.291 e. The SMILES string of the molecule is Cc1nc(N(C)C(=O)C(c2ccc(-c3cccc(F)c3)cc2)C(C(=O)N(C)c2nc(C)c(S(N)(=O)=O)s2)(c2ccc(-c3ccccc3)cc2)C(C(=O)N(C)c2nc(C)c(S(N)(=O)=O)s2)c2ccc(-c3ccccc3F)cc2)sc1S(N)(=O)=O. The highest BCUT2D eigenvalue weighted by Crippen LogP contribution is 2.54. The average molecular weight is 1240 g/mol. The Bertz CT molecular complexity index is 4340. The molecule has 3 unspecified atom stereocenters. The molecule has 0 radical (unpaired) electrons. The van der Waals surface area contributed by atoms with Crippen molar-refractivity contribution in [3.63, 3.8) is 0 Å². The van der Waals surface area contributed by atoms with Crippen LogP contribution in [0.25, 0.3) is 33.4 Å². The molecule has 26 heteroatoms. The molecule has 9 aromatic rings. The lowest BCUT2D eigenvalue weighted by molar-refractivity contribution is -0.135. The molecule has 0 saturated heterocycles. The van der Waals surface area contributed by atoms with Crippen LogP contribution in [-0.2, 0) is 49.9 Å². The van der Waals surface area contributed by atoms with Gasteiger partial charge < -0.3 is 0 Å². The van der Waals surface area contributed by atoms with Crippen molar-refractivity contribution in [2.75, 3.05) is 35.8 Å². The zero-order chi connectivity index (χ0) is 60.1. The van der Waals surface area contributed by atoms with E-state index >= 15 is 18.8 Å². The van der Waals surface area contributed by atoms with Gasteiger partial charge in [0.1, 0.15) is 17.0 Å². The first-order valence-electron chi connectivity index (χ1n) is 24.8. The number of nitrogens with two attached hydrogens (primary N) is 3. The highest BCUT2D eigenvalue weighted by molar-refractivity contribution is 7.92. The van der Waals surface area contributed by atoms with Crippen LogP contribution in [0.15, 0.2) is 164 Å². The standard InChI is InChI=1S/C57H51F2N9O9S6/c1-32-50(81(60,72)73)78-54(63-32)66(4)48(69)46(39-23-19-37(20-24-39)41-15-12-16-43(58)31-41)57(42-29-27-36(28-30-42)35-13-8-7-9-14-35,53(71)68(6)56-65-34(3)52(80-56)83(62,76)77)47(40-25-21-38(22-26-40)44-17-10-11-18-45(44)59)49(70)67(5)55-64-33(2)51(79-55)82(61,74)75/h7-31,46-47H,1-6H3,(H2,60,72,73)(H2,61,74,75)(H2,62,76,77). The lowest BCUT2D eigenvalue weighted by atomic mass is 9.57. The highest BCUT2D eigenvalue weighted by atomic mass is 32.3. The minimum absolute atomic E-state index is 0.0130. The van der Waals surface area contributed by atoms with Gasteiger partial charge in [-0.2, -0.15) is 0 Å². The van der Waals surface area contributed by atoms with Crippen molar-refractivity contribution < 1.29 is 48.4 Å². The number of likely N-dealkylation sites (N-methyl/N-ethyl adjacent to an activating group) is 3. The second kappa shape index (κ2) is 23.1. The fourth-order valence-corrected chi connectivity index (χ4v) is 15.7. The Morgan fingerprint density at radius 2 is 0.843 bits per heavy atom. The number of anilines is 3. The van der Waals surface area contributed by atoms with Gasteiger partial charge in [-0.25, -0.2) is 64.4 Å². The van der Waals surface area contributed by atoms with Gasteiger partial charge in [-0.15, -0.1) is 0 Å². The molecule has 3 heterocycles. The van der Waals surface area contributed by atoms with E-state index in [4.69, 9.17) is 15.4 Å². The number of halogens is 2. The number of rotatable bonds is 17. The first kappa shape index (κ1) is 59.8. The average Bonchev–Trinajstić information content (AvgIpc) is 1.55. The largest absolute Gasteiger partial charge is 0.291 e. The van der Waals surface area contributed by atoms with Crippen molar-refractivity contribution in [1.82, 2.24) is 15.0 Å². The number of hydrogen-bond donors (Lipinski definition) is 3. The number of thiazole rings is 3. The van der Waals surface area contributed by atoms with Crippen molar-refractivity contribution >= 4 is 97.2 Å². The summed E-state index contributed by atoms with van der Waals surface area (Å²) in [5, 5.41) is 16.3. The Hall–Kier alpha value is -7.79. The lowest BCUT2D eigenvalue weighted by Crippen LogP contribution is -2.60. The molecular formula is C57H51F2N9O9S6. The zero-order valence-corrected chi connectivity index (χ0v) is 49.8. The van der Waals surface area contributed by atoms with Gasteiger partial charge in [0.15, 0.2) is 28.0 Å². The molecule has 0 saturated carbocycles. The molecule has 428 valence electrons. The van der Waals surface area contributed by atoms with E-state index in [1.54, 1.807) is 48.5 Å². The lowest BCUT2D eigenvalue weighted by Gasteiger charge is -2.47. The molecule has 18 nitrogen and oxygen atoms in total. The topological polar surface area (TPSA) is 280 Å². The van der Waals surface area contributed by atoms with Crippen molar-refractivity contribution in [3.8, 4) is 33.4 Å². The number of hydrogen-bond acceptors (Lipinski definition) is 15. The zero-order valence-electron chi connectivity index (χ0n) is 44.9. The predicted molar refractivity (Wildman–Crippen MR) is 318 cm³/mol. The van der Waals surface area contributed by atoms with E-state index in [0.29, 0.717) is 56.3 Å². The molecule has 3 aromatic heterocycles. The summed E-state index contributed by atoms with van der Waals surface area (Å²) in [4.78, 5) is 67.3. The quantitative estimate of drug-likeness (QED) is 0.0770. The van der Waals surface area contributed by atoms with Crippen LogP contribution in [0.2, 0.25) is 0 Å². The van der Waals surface area contributed by atoms with E-state index in [9.17, 15) is 29.6 Å². The number of carbonyl (C=O) groups is 3. The van der Waals surface area contributed by atoms with Gasteiger partial charge in [0.2, 0.25) is 47.8 Å². The van der Waals surface area contributed by atoms with Gasteiger partial charge in [-0.3, -0.25) is 29.1 Å². The Morgan fingerprint density at radius 1 is 0.470 bits per heavy atom. The summed E-state index contributed by atoms with van der Waals surface area (Å²) in [6, 6.07) is 39.4. The van der Waals surface area contributed by atoms with Gasteiger partial charge in [-0.05, 0) is 83.5 Å². The van der Waals surface area contributed by atoms with E-state index in [1.807, 2.05) is 30.3 Å². The summed E-state index contributed by atoms with van der Waals surface area (Å²) < 4.78 is 107. The van der Waals surface area contributed by atoms with Crippen molar-refractivity contribution in [2.24, 2.45) is 15.4 Å². The summed E-state index contributed by atoms with van der Waals surface area (Å²) >= 11 is 1.66. The van der Waals surface area contributed by atoms with Crippen LogP contribution in [-0.4, -0.2) is 79.1 Å². The number of aryl methyl sites for hydroxylation is 3. The number of sulfonamides is 3. The summed E-state index contributed by atoms with van der Waals surface area (Å²) in [5.41, 5.74) is -0.128. The maximum atomic E-state index is 17.3. The molecule has 3 atom stereocenters.